The van der Waals surface area contributed by atoms with Gasteiger partial charge >= 0.3 is 5.69 Å². The number of carbonyl (C=O) groups is 6. The van der Waals surface area contributed by atoms with Crippen molar-refractivity contribution in [3.63, 3.8) is 0 Å². The number of primary amides is 1. The molecular formula is C35H42Cl2N22O10. The predicted molar refractivity (Wildman–Crippen MR) is 242 cm³/mol. The first-order valence-electron chi connectivity index (χ1n) is 19.0. The van der Waals surface area contributed by atoms with E-state index in [0.29, 0.717) is 0 Å². The number of halogens is 2. The molecule has 4 aromatic rings. The number of carbonyl (C=O) groups excluding carboxylic acids is 6. The number of hydrogen-bond acceptors (Lipinski definition) is 17. The first-order valence-corrected chi connectivity index (χ1v) is 19.8. The van der Waals surface area contributed by atoms with Gasteiger partial charge in [0, 0.05) is 28.2 Å². The van der Waals surface area contributed by atoms with Crippen molar-refractivity contribution in [2.24, 2.45) is 28.7 Å². The van der Waals surface area contributed by atoms with Crippen LogP contribution in [0.25, 0.3) is 11.0 Å². The molecule has 6 unspecified atom stereocenters. The maximum absolute atomic E-state index is 14.2. The van der Waals surface area contributed by atoms with Gasteiger partial charge in [-0.15, -0.1) is 0 Å². The summed E-state index contributed by atoms with van der Waals surface area (Å²) in [5, 5.41) is 80.4. The van der Waals surface area contributed by atoms with Crippen LogP contribution in [0, 0.1) is 31.8 Å². The zero-order valence-corrected chi connectivity index (χ0v) is 36.5. The maximum atomic E-state index is 14.2. The average molecular weight is 1000 g/mol. The molecule has 0 fully saturated rings. The molecule has 24 N–H and O–H groups in total. The van der Waals surface area contributed by atoms with Crippen molar-refractivity contribution in [1.82, 2.24) is 58.2 Å². The fraction of sp³-hybridized carbons (Fsp3) is 0.200. The molecule has 0 aliphatic rings. The van der Waals surface area contributed by atoms with Crippen molar-refractivity contribution in [3.05, 3.63) is 92.0 Å². The summed E-state index contributed by atoms with van der Waals surface area (Å²) >= 11 is 12.9. The number of guanidine groups is 4. The number of benzene rings is 3. The predicted octanol–water partition coefficient (Wildman–Crippen LogP) is -5.19. The van der Waals surface area contributed by atoms with E-state index in [1.807, 2.05) is 16.0 Å². The van der Waals surface area contributed by atoms with Gasteiger partial charge < -0.3 is 86.5 Å². The van der Waals surface area contributed by atoms with Crippen molar-refractivity contribution in [2.45, 2.75) is 43.5 Å². The highest BCUT2D eigenvalue weighted by atomic mass is 35.5. The summed E-state index contributed by atoms with van der Waals surface area (Å²) in [6, 6.07) is 12.0. The lowest BCUT2D eigenvalue weighted by Gasteiger charge is -2.31. The quantitative estimate of drug-likeness (QED) is 0.0122. The molecule has 0 aliphatic heterocycles. The molecule has 34 heteroatoms. The van der Waals surface area contributed by atoms with E-state index in [9.17, 15) is 44.0 Å². The van der Waals surface area contributed by atoms with Gasteiger partial charge in [-0.25, -0.2) is 4.63 Å². The monoisotopic (exact) mass is 1000 g/mol. The Balaban J connectivity index is 1.66. The minimum absolute atomic E-state index is 0.0338. The summed E-state index contributed by atoms with van der Waals surface area (Å²) in [5.74, 6) is -11.6. The van der Waals surface area contributed by atoms with Crippen LogP contribution in [0.5, 0.6) is 0 Å². The highest BCUT2D eigenvalue weighted by Gasteiger charge is 2.36. The number of hydrogen-bond donors (Lipinski definition) is 19. The number of anilines is 1. The zero-order valence-electron chi connectivity index (χ0n) is 35.0. The number of aliphatic hydroxyl groups is 1. The van der Waals surface area contributed by atoms with Gasteiger partial charge in [0.1, 0.15) is 6.04 Å². The van der Waals surface area contributed by atoms with Gasteiger partial charge in [-0.1, -0.05) is 59.6 Å². The highest BCUT2D eigenvalue weighted by molar-refractivity contribution is 6.36. The number of nitrogens with two attached hydrogens (primary N) is 5. The summed E-state index contributed by atoms with van der Waals surface area (Å²) in [6.07, 6.45) is -10.4. The molecule has 69 heavy (non-hydrogen) atoms. The number of nitro groups is 1. The van der Waals surface area contributed by atoms with Crippen LogP contribution in [0.4, 0.5) is 11.4 Å². The Morgan fingerprint density at radius 2 is 1.07 bits per heavy atom. The second-order valence-electron chi connectivity index (χ2n) is 13.8. The number of fused-ring (bicyclic) bond motifs is 1. The van der Waals surface area contributed by atoms with Crippen LogP contribution in [0.2, 0.25) is 10.0 Å². The van der Waals surface area contributed by atoms with Crippen LogP contribution >= 0.6 is 23.2 Å². The van der Waals surface area contributed by atoms with E-state index >= 15 is 0 Å². The molecule has 6 atom stereocenters. The number of rotatable bonds is 21. The Kier molecular flexibility index (Phi) is 17.6. The maximum Gasteiger partial charge on any atom is 0.300 e. The third kappa shape index (κ3) is 14.1. The molecule has 0 radical (unpaired) electrons. The molecule has 0 bridgehead atoms. The number of amides is 6. The number of nitrogens with zero attached hydrogens (tertiary/aromatic N) is 4. The fourth-order valence-electron chi connectivity index (χ4n) is 5.88. The normalized spacial score (nSPS) is 13.3. The topological polar surface area (TPSA) is 542 Å². The van der Waals surface area contributed by atoms with Gasteiger partial charge in [-0.3, -0.25) is 60.5 Å². The average Bonchev–Trinajstić information content (AvgIpc) is 3.76. The van der Waals surface area contributed by atoms with Gasteiger partial charge in [0.05, 0.1) is 10.6 Å². The van der Waals surface area contributed by atoms with E-state index in [-0.39, 0.29) is 37.9 Å². The molecule has 4 rings (SSSR count). The lowest BCUT2D eigenvalue weighted by Crippen LogP contribution is -2.68. The highest BCUT2D eigenvalue weighted by Crippen LogP contribution is 2.35. The molecule has 0 saturated heterocycles. The van der Waals surface area contributed by atoms with E-state index in [1.54, 1.807) is 6.07 Å². The van der Waals surface area contributed by atoms with Crippen molar-refractivity contribution >= 4 is 105 Å². The van der Waals surface area contributed by atoms with Crippen LogP contribution in [0.1, 0.15) is 17.2 Å². The van der Waals surface area contributed by atoms with Crippen molar-refractivity contribution in [1.29, 1.82) is 21.6 Å². The van der Waals surface area contributed by atoms with Crippen molar-refractivity contribution in [2.75, 3.05) is 4.90 Å². The van der Waals surface area contributed by atoms with Gasteiger partial charge in [0.15, 0.2) is 54.0 Å². The molecule has 0 spiro atoms. The molecule has 1 heterocycles. The molecule has 1 aromatic heterocycles. The Labute approximate surface area is 396 Å². The number of aliphatic hydroxyl groups excluding tert-OH is 1. The smallest absolute Gasteiger partial charge is 0.300 e. The van der Waals surface area contributed by atoms with Gasteiger partial charge in [-0.2, -0.15) is 0 Å². The summed E-state index contributed by atoms with van der Waals surface area (Å²) in [6.45, 7) is -0.468. The first kappa shape index (κ1) is 52.3. The lowest BCUT2D eigenvalue weighted by atomic mass is 10.1. The number of non-ortho nitro benzene ring substituents is 1. The Morgan fingerprint density at radius 3 is 1.54 bits per heavy atom. The SMILES string of the molecule is N=C(N)NC(NC(=O)C(NC(=N)N)NC(=O)C(NC(=N)N)NC(=O)C(NC(=N)N)NC(=O)C(NC(=O)C(O)N(Cc1c(Cl)cccc1Cl)c1ccc([N+](=O)[O-])c2nonc12)c1ccccc1)C(N)=O. The van der Waals surface area contributed by atoms with Gasteiger partial charge in [-0.05, 0) is 34.1 Å². The Morgan fingerprint density at radius 1 is 0.623 bits per heavy atom. The number of aromatic nitrogens is 2. The van der Waals surface area contributed by atoms with Gasteiger partial charge in [0.2, 0.25) is 17.7 Å². The van der Waals surface area contributed by atoms with Gasteiger partial charge in [0.25, 0.3) is 29.5 Å². The molecule has 0 aliphatic carbocycles. The minimum atomic E-state index is -2.31. The van der Waals surface area contributed by atoms with E-state index in [2.05, 4.69) is 42.2 Å². The molecular weight excluding hydrogens is 959 g/mol. The molecule has 32 nitrogen and oxygen atoms in total. The summed E-state index contributed by atoms with van der Waals surface area (Å²) in [5.41, 5.74) is 25.6. The van der Waals surface area contributed by atoms with Crippen molar-refractivity contribution < 1.29 is 43.4 Å². The first-order chi connectivity index (χ1) is 32.5. The van der Waals surface area contributed by atoms with Crippen LogP contribution in [-0.2, 0) is 35.3 Å². The van der Waals surface area contributed by atoms with Crippen LogP contribution in [-0.4, -0.2) is 111 Å². The van der Waals surface area contributed by atoms with E-state index in [0.717, 1.165) is 17.0 Å². The molecule has 0 saturated carbocycles. The lowest BCUT2D eigenvalue weighted by molar-refractivity contribution is -0.383. The second kappa shape index (κ2) is 23.2. The standard InChI is InChI=1S/C35H42Cl2N22O10/c36-14-7-4-8-15(37)13(14)11-58(16-9-10-17(59(67)68)20-19(16)56-69-57-20)31(66)30(65)47-18(12-5-2-1-3-6-12)26(61)49-23(53-33(41)42)28(63)51-25(55-35(45)46)29(64)50-24(54-34(43)44)27(62)48-22(21(38)60)52-32(39)40/h1-10,18,22-25,31,66H,11H2,(H2,38,60)(H,47,65)(H,48,62)(H,49,61)(H,50,64)(H,51,63)(H4,39,40,52)(H4,41,42,53)(H4,43,44,54)(H4,45,46,55). The largest absolute Gasteiger partial charge is 0.370 e. The fourth-order valence-corrected chi connectivity index (χ4v) is 6.40. The third-order valence-corrected chi connectivity index (χ3v) is 9.61. The summed E-state index contributed by atoms with van der Waals surface area (Å²) in [7, 11) is 0. The summed E-state index contributed by atoms with van der Waals surface area (Å²) in [4.78, 5) is 92.6. The molecule has 366 valence electrons. The van der Waals surface area contributed by atoms with Crippen LogP contribution < -0.4 is 81.4 Å². The molecule has 3 aromatic carbocycles. The van der Waals surface area contributed by atoms with Crippen LogP contribution in [0.3, 0.4) is 0 Å². The number of nitro benzene ring substituents is 1. The summed E-state index contributed by atoms with van der Waals surface area (Å²) < 4.78 is 4.77. The third-order valence-electron chi connectivity index (χ3n) is 8.90. The minimum Gasteiger partial charge on any atom is -0.370 e. The number of nitrogens with one attached hydrogen (secondary N) is 13. The van der Waals surface area contributed by atoms with Crippen LogP contribution in [0.15, 0.2) is 65.3 Å². The van der Waals surface area contributed by atoms with E-state index in [1.165, 1.54) is 42.5 Å². The Bertz CT molecular complexity index is 2650. The zero-order chi connectivity index (χ0) is 51.3. The van der Waals surface area contributed by atoms with E-state index in [4.69, 9.17) is 78.1 Å². The van der Waals surface area contributed by atoms with E-state index < -0.39 is 113 Å². The Hall–Kier alpha value is -9.30. The second-order valence-corrected chi connectivity index (χ2v) is 14.6. The molecule has 6 amide bonds. The van der Waals surface area contributed by atoms with Crippen molar-refractivity contribution in [3.8, 4) is 0 Å².